The van der Waals surface area contributed by atoms with Crippen molar-refractivity contribution in [2.45, 2.75) is 0 Å². The van der Waals surface area contributed by atoms with Crippen molar-refractivity contribution in [3.05, 3.63) is 230 Å². The van der Waals surface area contributed by atoms with Gasteiger partial charge in [0, 0.05) is 39.0 Å². The van der Waals surface area contributed by atoms with Crippen LogP contribution < -0.4 is 9.64 Å². The molecule has 270 valence electrons. The van der Waals surface area contributed by atoms with E-state index in [0.717, 1.165) is 83.9 Å². The number of hydrogen-bond donors (Lipinski definition) is 0. The lowest BCUT2D eigenvalue weighted by molar-refractivity contribution is 0.513. The van der Waals surface area contributed by atoms with E-state index in [1.165, 1.54) is 16.7 Å². The molecule has 9 aromatic rings. The Bertz CT molecular complexity index is 2970. The molecule has 0 radical (unpaired) electrons. The highest BCUT2D eigenvalue weighted by Crippen LogP contribution is 2.39. The van der Waals surface area contributed by atoms with E-state index in [4.69, 9.17) is 9.15 Å². The molecule has 0 fully saturated rings. The lowest BCUT2D eigenvalue weighted by Gasteiger charge is -2.26. The second kappa shape index (κ2) is 14.6. The molecule has 8 aromatic carbocycles. The largest absolute Gasteiger partial charge is 0.456 e. The van der Waals surface area contributed by atoms with Crippen LogP contribution in [0.2, 0.25) is 0 Å². The molecule has 0 N–H and O–H groups in total. The van der Waals surface area contributed by atoms with E-state index >= 15 is 0 Å². The Morgan fingerprint density at radius 2 is 0.930 bits per heavy atom. The normalized spacial score (nSPS) is 13.9. The van der Waals surface area contributed by atoms with Crippen LogP contribution in [0, 0.1) is 0 Å². The summed E-state index contributed by atoms with van der Waals surface area (Å²) in [6, 6.07) is 68.2. The van der Waals surface area contributed by atoms with Crippen molar-refractivity contribution in [2.24, 2.45) is 0 Å². The molecule has 0 bridgehead atoms. The molecular formula is C54H37NO2. The number of ether oxygens (including phenoxy) is 1. The zero-order valence-electron chi connectivity index (χ0n) is 31.2. The second-order valence-electron chi connectivity index (χ2n) is 14.2. The van der Waals surface area contributed by atoms with Gasteiger partial charge in [-0.3, -0.25) is 0 Å². The van der Waals surface area contributed by atoms with Crippen molar-refractivity contribution < 1.29 is 9.15 Å². The van der Waals surface area contributed by atoms with Gasteiger partial charge < -0.3 is 14.1 Å². The summed E-state index contributed by atoms with van der Waals surface area (Å²) in [6.45, 7) is 4.22. The molecular weight excluding hydrogens is 695 g/mol. The molecule has 1 aliphatic heterocycles. The maximum atomic E-state index is 6.48. The summed E-state index contributed by atoms with van der Waals surface area (Å²) in [6.07, 6.45) is 6.03. The van der Waals surface area contributed by atoms with Crippen molar-refractivity contribution in [3.63, 3.8) is 0 Å². The summed E-state index contributed by atoms with van der Waals surface area (Å²) in [5, 5.41) is 2.25. The lowest BCUT2D eigenvalue weighted by atomic mass is 9.99. The van der Waals surface area contributed by atoms with E-state index in [9.17, 15) is 0 Å². The first kappa shape index (κ1) is 33.9. The van der Waals surface area contributed by atoms with Gasteiger partial charge in [0.15, 0.2) is 0 Å². The van der Waals surface area contributed by atoms with Gasteiger partial charge in [0.25, 0.3) is 0 Å². The van der Waals surface area contributed by atoms with Gasteiger partial charge in [-0.25, -0.2) is 0 Å². The van der Waals surface area contributed by atoms with E-state index in [1.807, 2.05) is 54.6 Å². The van der Waals surface area contributed by atoms with Gasteiger partial charge in [0.1, 0.15) is 22.7 Å². The minimum atomic E-state index is 0.776. The third kappa shape index (κ3) is 6.62. The summed E-state index contributed by atoms with van der Waals surface area (Å²) in [7, 11) is 0. The van der Waals surface area contributed by atoms with Crippen LogP contribution in [-0.2, 0) is 0 Å². The number of fused-ring (bicyclic) bond motifs is 4. The van der Waals surface area contributed by atoms with Gasteiger partial charge in [-0.15, -0.1) is 0 Å². The summed E-state index contributed by atoms with van der Waals surface area (Å²) >= 11 is 0. The van der Waals surface area contributed by atoms with Crippen LogP contribution in [0.15, 0.2) is 223 Å². The first-order chi connectivity index (χ1) is 28.1. The highest BCUT2D eigenvalue weighted by Gasteiger charge is 2.17. The number of allylic oxidation sites excluding steroid dienone is 4. The fourth-order valence-electron chi connectivity index (χ4n) is 7.71. The summed E-state index contributed by atoms with van der Waals surface area (Å²) in [5.74, 6) is 1.57. The quantitative estimate of drug-likeness (QED) is 0.163. The molecule has 0 saturated carbocycles. The van der Waals surface area contributed by atoms with E-state index in [0.29, 0.717) is 0 Å². The fraction of sp³-hybridized carbons (Fsp3) is 0. The number of anilines is 3. The van der Waals surface area contributed by atoms with Crippen LogP contribution in [-0.4, -0.2) is 0 Å². The Hall–Kier alpha value is -7.62. The predicted molar refractivity (Wildman–Crippen MR) is 238 cm³/mol. The predicted octanol–water partition coefficient (Wildman–Crippen LogP) is 15.1. The van der Waals surface area contributed by atoms with Gasteiger partial charge in [-0.2, -0.15) is 0 Å². The third-order valence-corrected chi connectivity index (χ3v) is 10.7. The molecule has 0 amide bonds. The molecule has 3 nitrogen and oxygen atoms in total. The number of furan rings is 1. The molecule has 2 heterocycles. The molecule has 0 unspecified atom stereocenters. The van der Waals surface area contributed by atoms with E-state index in [-0.39, 0.29) is 0 Å². The zero-order valence-corrected chi connectivity index (χ0v) is 31.2. The highest BCUT2D eigenvalue weighted by molar-refractivity contribution is 6.06. The molecule has 0 spiro atoms. The van der Waals surface area contributed by atoms with Gasteiger partial charge in [-0.1, -0.05) is 134 Å². The maximum Gasteiger partial charge on any atom is 0.135 e. The maximum absolute atomic E-state index is 6.48. The van der Waals surface area contributed by atoms with E-state index in [2.05, 4.69) is 169 Å². The second-order valence-corrected chi connectivity index (χ2v) is 14.2. The molecule has 0 atom stereocenters. The van der Waals surface area contributed by atoms with Crippen molar-refractivity contribution in [2.75, 3.05) is 4.90 Å². The van der Waals surface area contributed by atoms with Gasteiger partial charge in [0.05, 0.1) is 0 Å². The van der Waals surface area contributed by atoms with E-state index in [1.54, 1.807) is 0 Å². The van der Waals surface area contributed by atoms with Crippen LogP contribution in [0.5, 0.6) is 5.75 Å². The number of nitrogens with zero attached hydrogens (tertiary/aromatic N) is 1. The summed E-state index contributed by atoms with van der Waals surface area (Å²) in [5.41, 5.74) is 14.9. The molecule has 0 aliphatic carbocycles. The molecule has 1 aromatic heterocycles. The first-order valence-electron chi connectivity index (χ1n) is 19.2. The Kier molecular flexibility index (Phi) is 8.66. The Balaban J connectivity index is 1.01. The molecule has 0 saturated heterocycles. The van der Waals surface area contributed by atoms with Crippen molar-refractivity contribution >= 4 is 50.3 Å². The molecule has 3 heteroatoms. The molecule has 1 aliphatic rings. The Labute approximate surface area is 332 Å². The summed E-state index contributed by atoms with van der Waals surface area (Å²) in [4.78, 5) is 2.30. The number of hydrogen-bond acceptors (Lipinski definition) is 3. The lowest BCUT2D eigenvalue weighted by Crippen LogP contribution is -2.10. The van der Waals surface area contributed by atoms with Gasteiger partial charge >= 0.3 is 0 Å². The van der Waals surface area contributed by atoms with Gasteiger partial charge in [0.2, 0.25) is 0 Å². The van der Waals surface area contributed by atoms with Crippen molar-refractivity contribution in [1.29, 1.82) is 0 Å². The fourth-order valence-corrected chi connectivity index (χ4v) is 7.71. The highest BCUT2D eigenvalue weighted by atomic mass is 16.5. The van der Waals surface area contributed by atoms with Crippen LogP contribution >= 0.6 is 0 Å². The molecule has 57 heavy (non-hydrogen) atoms. The monoisotopic (exact) mass is 731 g/mol. The smallest absolute Gasteiger partial charge is 0.135 e. The topological polar surface area (TPSA) is 25.6 Å². The van der Waals surface area contributed by atoms with Crippen LogP contribution in [0.25, 0.3) is 66.7 Å². The van der Waals surface area contributed by atoms with Crippen molar-refractivity contribution in [3.8, 4) is 39.1 Å². The van der Waals surface area contributed by atoms with Crippen LogP contribution in [0.4, 0.5) is 17.1 Å². The zero-order chi connectivity index (χ0) is 38.1. The standard InChI is InChI=1S/C54H37NO2/c1-37-11-9-20-51(56-52-18-7-5-16-48(37)52)41-25-32-47(33-26-41)55(45-28-21-39(22-29-45)43-15-10-14-42(35-43)38-12-3-2-4-13-38)46-30-23-40(24-31-46)44-27-34-54-50(36-44)49-17-6-8-19-53(49)57-54/h2-36H,1H2/b11-9-,51-20-. The minimum absolute atomic E-state index is 0.776. The average Bonchev–Trinajstić information content (AvgIpc) is 3.65. The molecule has 10 rings (SSSR count). The number of para-hydroxylation sites is 2. The minimum Gasteiger partial charge on any atom is -0.456 e. The Morgan fingerprint density at radius 1 is 0.404 bits per heavy atom. The SMILES string of the molecule is C=C1/C=C\C=C(\c2ccc(N(c3ccc(-c4cccc(-c5ccccc5)c4)cc3)c3ccc(-c4ccc5oc6ccccc6c5c4)cc3)cc2)Oc2ccccc21. The average molecular weight is 732 g/mol. The number of rotatable bonds is 7. The van der Waals surface area contributed by atoms with E-state index < -0.39 is 0 Å². The van der Waals surface area contributed by atoms with Crippen molar-refractivity contribution in [1.82, 2.24) is 0 Å². The van der Waals surface area contributed by atoms with Gasteiger partial charge in [-0.05, 0) is 124 Å². The van der Waals surface area contributed by atoms with Crippen LogP contribution in [0.1, 0.15) is 11.1 Å². The summed E-state index contributed by atoms with van der Waals surface area (Å²) < 4.78 is 12.6. The Morgan fingerprint density at radius 3 is 1.63 bits per heavy atom. The third-order valence-electron chi connectivity index (χ3n) is 10.7. The number of benzene rings is 8. The van der Waals surface area contributed by atoms with Crippen LogP contribution in [0.3, 0.4) is 0 Å². The first-order valence-corrected chi connectivity index (χ1v) is 19.2.